The molecule has 2 aromatic rings. The summed E-state index contributed by atoms with van der Waals surface area (Å²) in [5.41, 5.74) is 1.75. The molecule has 0 bridgehead atoms. The zero-order valence-corrected chi connectivity index (χ0v) is 11.8. The van der Waals surface area contributed by atoms with Gasteiger partial charge in [-0.3, -0.25) is 4.79 Å². The summed E-state index contributed by atoms with van der Waals surface area (Å²) in [5, 5.41) is 9.35. The molecule has 0 saturated carbocycles. The van der Waals surface area contributed by atoms with Crippen LogP contribution < -0.4 is 4.74 Å². The van der Waals surface area contributed by atoms with E-state index < -0.39 is 11.9 Å². The smallest absolute Gasteiger partial charge is 0.307 e. The first-order chi connectivity index (χ1) is 10.1. The minimum Gasteiger partial charge on any atom is -0.497 e. The van der Waals surface area contributed by atoms with Crippen molar-refractivity contribution in [2.24, 2.45) is 5.92 Å². The Bertz CT molecular complexity index is 590. The summed E-state index contributed by atoms with van der Waals surface area (Å²) >= 11 is 0. The second-order valence-corrected chi connectivity index (χ2v) is 4.92. The van der Waals surface area contributed by atoms with Gasteiger partial charge in [0.15, 0.2) is 0 Å². The third-order valence-electron chi connectivity index (χ3n) is 3.39. The molecule has 0 spiro atoms. The summed E-state index contributed by atoms with van der Waals surface area (Å²) in [6, 6.07) is 13.3. The lowest BCUT2D eigenvalue weighted by Crippen LogP contribution is -2.19. The van der Waals surface area contributed by atoms with Crippen molar-refractivity contribution < 1.29 is 19.0 Å². The average molecular weight is 288 g/mol. The van der Waals surface area contributed by atoms with Gasteiger partial charge in [0.25, 0.3) is 0 Å². The lowest BCUT2D eigenvalue weighted by atomic mass is 9.92. The van der Waals surface area contributed by atoms with Crippen molar-refractivity contribution in [2.75, 3.05) is 7.11 Å². The van der Waals surface area contributed by atoms with Gasteiger partial charge < -0.3 is 9.84 Å². The van der Waals surface area contributed by atoms with Gasteiger partial charge in [-0.05, 0) is 48.2 Å². The molecule has 3 nitrogen and oxygen atoms in total. The Labute approximate surface area is 123 Å². The van der Waals surface area contributed by atoms with Crippen LogP contribution in [0.15, 0.2) is 48.5 Å². The number of hydrogen-bond donors (Lipinski definition) is 1. The average Bonchev–Trinajstić information content (AvgIpc) is 2.49. The van der Waals surface area contributed by atoms with E-state index in [1.54, 1.807) is 19.2 Å². The minimum atomic E-state index is -0.852. The first-order valence-electron chi connectivity index (χ1n) is 6.68. The van der Waals surface area contributed by atoms with Gasteiger partial charge in [0.2, 0.25) is 0 Å². The number of benzene rings is 2. The van der Waals surface area contributed by atoms with E-state index in [1.807, 2.05) is 24.3 Å². The molecule has 0 fully saturated rings. The molecule has 110 valence electrons. The zero-order chi connectivity index (χ0) is 15.2. The van der Waals surface area contributed by atoms with E-state index in [0.717, 1.165) is 16.9 Å². The Morgan fingerprint density at radius 3 is 1.95 bits per heavy atom. The van der Waals surface area contributed by atoms with Crippen molar-refractivity contribution in [1.82, 2.24) is 0 Å². The first-order valence-corrected chi connectivity index (χ1v) is 6.68. The van der Waals surface area contributed by atoms with E-state index in [0.29, 0.717) is 12.8 Å². The maximum Gasteiger partial charge on any atom is 0.307 e. The predicted molar refractivity (Wildman–Crippen MR) is 77.9 cm³/mol. The highest BCUT2D eigenvalue weighted by Gasteiger charge is 2.18. The highest BCUT2D eigenvalue weighted by atomic mass is 19.1. The number of rotatable bonds is 6. The summed E-state index contributed by atoms with van der Waals surface area (Å²) in [7, 11) is 1.59. The Morgan fingerprint density at radius 1 is 1.05 bits per heavy atom. The number of methoxy groups -OCH3 is 1. The molecule has 1 N–H and O–H groups in total. The molecular weight excluding hydrogens is 271 g/mol. The van der Waals surface area contributed by atoms with Crippen molar-refractivity contribution in [2.45, 2.75) is 12.8 Å². The van der Waals surface area contributed by atoms with E-state index in [1.165, 1.54) is 12.1 Å². The summed E-state index contributed by atoms with van der Waals surface area (Å²) in [4.78, 5) is 11.4. The van der Waals surface area contributed by atoms with E-state index in [9.17, 15) is 14.3 Å². The molecule has 0 aliphatic heterocycles. The third-order valence-corrected chi connectivity index (χ3v) is 3.39. The quantitative estimate of drug-likeness (QED) is 0.887. The lowest BCUT2D eigenvalue weighted by molar-refractivity contribution is -0.141. The second kappa shape index (κ2) is 6.88. The SMILES string of the molecule is COc1ccc(CC(Cc2ccc(F)cc2)C(=O)O)cc1. The predicted octanol–water partition coefficient (Wildman–Crippen LogP) is 3.32. The standard InChI is InChI=1S/C17H17FO3/c1-21-16-8-4-13(5-9-16)11-14(17(19)20)10-12-2-6-15(18)7-3-12/h2-9,14H,10-11H2,1H3,(H,19,20). The molecule has 2 aromatic carbocycles. The molecule has 0 aliphatic rings. The molecule has 0 heterocycles. The summed E-state index contributed by atoms with van der Waals surface area (Å²) in [6.07, 6.45) is 0.804. The minimum absolute atomic E-state index is 0.319. The van der Waals surface area contributed by atoms with E-state index in [2.05, 4.69) is 0 Å². The highest BCUT2D eigenvalue weighted by molar-refractivity contribution is 5.70. The molecule has 2 rings (SSSR count). The van der Waals surface area contributed by atoms with Crippen LogP contribution in [0.2, 0.25) is 0 Å². The van der Waals surface area contributed by atoms with Gasteiger partial charge in [-0.1, -0.05) is 24.3 Å². The van der Waals surface area contributed by atoms with Crippen molar-refractivity contribution in [3.05, 3.63) is 65.5 Å². The maximum absolute atomic E-state index is 12.9. The van der Waals surface area contributed by atoms with Crippen molar-refractivity contribution in [1.29, 1.82) is 0 Å². The molecule has 1 unspecified atom stereocenters. The van der Waals surface area contributed by atoms with E-state index in [4.69, 9.17) is 4.74 Å². The molecule has 21 heavy (non-hydrogen) atoms. The Morgan fingerprint density at radius 2 is 1.52 bits per heavy atom. The van der Waals surface area contributed by atoms with Crippen LogP contribution in [-0.4, -0.2) is 18.2 Å². The molecule has 4 heteroatoms. The molecule has 0 aromatic heterocycles. The summed E-state index contributed by atoms with van der Waals surface area (Å²) < 4.78 is 17.9. The number of carboxylic acids is 1. The van der Waals surface area contributed by atoms with Crippen LogP contribution in [0.1, 0.15) is 11.1 Å². The number of hydrogen-bond acceptors (Lipinski definition) is 2. The van der Waals surface area contributed by atoms with Gasteiger partial charge >= 0.3 is 5.97 Å². The van der Waals surface area contributed by atoms with Gasteiger partial charge in [0, 0.05) is 0 Å². The van der Waals surface area contributed by atoms with Crippen LogP contribution >= 0.6 is 0 Å². The van der Waals surface area contributed by atoms with Crippen LogP contribution in [0, 0.1) is 11.7 Å². The molecule has 0 aliphatic carbocycles. The number of carbonyl (C=O) groups is 1. The fraction of sp³-hybridized carbons (Fsp3) is 0.235. The monoisotopic (exact) mass is 288 g/mol. The van der Waals surface area contributed by atoms with Gasteiger partial charge in [-0.25, -0.2) is 4.39 Å². The van der Waals surface area contributed by atoms with Crippen LogP contribution in [0.3, 0.4) is 0 Å². The van der Waals surface area contributed by atoms with Gasteiger partial charge in [-0.2, -0.15) is 0 Å². The fourth-order valence-electron chi connectivity index (χ4n) is 2.20. The fourth-order valence-corrected chi connectivity index (χ4v) is 2.20. The van der Waals surface area contributed by atoms with Gasteiger partial charge in [-0.15, -0.1) is 0 Å². The molecular formula is C17H17FO3. The third kappa shape index (κ3) is 4.31. The van der Waals surface area contributed by atoms with Crippen LogP contribution in [0.25, 0.3) is 0 Å². The van der Waals surface area contributed by atoms with Crippen LogP contribution in [0.5, 0.6) is 5.75 Å². The van der Waals surface area contributed by atoms with Crippen LogP contribution in [-0.2, 0) is 17.6 Å². The van der Waals surface area contributed by atoms with Crippen molar-refractivity contribution >= 4 is 5.97 Å². The number of ether oxygens (including phenoxy) is 1. The maximum atomic E-state index is 12.9. The molecule has 0 saturated heterocycles. The van der Waals surface area contributed by atoms with Crippen molar-refractivity contribution in [3.8, 4) is 5.75 Å². The first kappa shape index (κ1) is 15.0. The Kier molecular flexibility index (Phi) is 4.93. The van der Waals surface area contributed by atoms with E-state index in [-0.39, 0.29) is 5.82 Å². The van der Waals surface area contributed by atoms with Gasteiger partial charge in [0.05, 0.1) is 13.0 Å². The summed E-state index contributed by atoms with van der Waals surface area (Å²) in [6.45, 7) is 0. The van der Waals surface area contributed by atoms with Crippen molar-refractivity contribution in [3.63, 3.8) is 0 Å². The van der Waals surface area contributed by atoms with Crippen LogP contribution in [0.4, 0.5) is 4.39 Å². The normalized spacial score (nSPS) is 11.9. The summed E-state index contributed by atoms with van der Waals surface area (Å²) in [5.74, 6) is -0.969. The second-order valence-electron chi connectivity index (χ2n) is 4.92. The number of halogens is 1. The molecule has 1 atom stereocenters. The van der Waals surface area contributed by atoms with Gasteiger partial charge in [0.1, 0.15) is 11.6 Å². The zero-order valence-electron chi connectivity index (χ0n) is 11.8. The molecule has 0 radical (unpaired) electrons. The lowest BCUT2D eigenvalue weighted by Gasteiger charge is -2.13. The highest BCUT2D eigenvalue weighted by Crippen LogP contribution is 2.18. The molecule has 0 amide bonds. The Balaban J connectivity index is 2.07. The Hall–Kier alpha value is -2.36. The van der Waals surface area contributed by atoms with E-state index >= 15 is 0 Å². The topological polar surface area (TPSA) is 46.5 Å². The number of carboxylic acid groups (broad SMARTS) is 1. The largest absolute Gasteiger partial charge is 0.497 e. The number of aliphatic carboxylic acids is 1.